The number of nitrogens with one attached hydrogen (secondary N) is 2. The molecule has 1 aliphatic carbocycles. The molecule has 0 heterocycles. The van der Waals surface area contributed by atoms with Gasteiger partial charge in [-0.05, 0) is 37.5 Å². The second-order valence-electron chi connectivity index (χ2n) is 4.62. The Hall–Kier alpha value is -1.18. The minimum Gasteiger partial charge on any atom is -0.504 e. The van der Waals surface area contributed by atoms with Gasteiger partial charge < -0.3 is 20.5 Å². The number of nitrogens with zero attached hydrogens (tertiary/aromatic N) is 1. The predicted octanol–water partition coefficient (Wildman–Crippen LogP) is 2.24. The molecule has 0 spiro atoms. The predicted molar refractivity (Wildman–Crippen MR) is 91.0 cm³/mol. The van der Waals surface area contributed by atoms with E-state index in [0.29, 0.717) is 18.3 Å². The van der Waals surface area contributed by atoms with Gasteiger partial charge >= 0.3 is 0 Å². The van der Waals surface area contributed by atoms with Crippen LogP contribution in [0.15, 0.2) is 23.2 Å². The Morgan fingerprint density at radius 3 is 2.75 bits per heavy atom. The zero-order valence-corrected chi connectivity index (χ0v) is 14.2. The molecule has 112 valence electrons. The van der Waals surface area contributed by atoms with E-state index < -0.39 is 0 Å². The van der Waals surface area contributed by atoms with Crippen molar-refractivity contribution in [1.82, 2.24) is 10.6 Å². The van der Waals surface area contributed by atoms with Gasteiger partial charge in [0.1, 0.15) is 0 Å². The third kappa shape index (κ3) is 5.07. The molecule has 0 bridgehead atoms. The number of benzene rings is 1. The largest absolute Gasteiger partial charge is 0.504 e. The van der Waals surface area contributed by atoms with Crippen molar-refractivity contribution in [3.63, 3.8) is 0 Å². The first-order chi connectivity index (χ1) is 9.22. The van der Waals surface area contributed by atoms with Gasteiger partial charge in [-0.3, -0.25) is 0 Å². The molecule has 2 rings (SSSR count). The maximum atomic E-state index is 9.71. The SMILES string of the molecule is CCNC(=NCc1ccc(OC)c(O)c1)NC1CC1.I. The highest BCUT2D eigenvalue weighted by molar-refractivity contribution is 14.0. The topological polar surface area (TPSA) is 65.9 Å². The first kappa shape index (κ1) is 16.9. The number of phenolic OH excluding ortho intramolecular Hbond substituents is 1. The molecule has 0 amide bonds. The summed E-state index contributed by atoms with van der Waals surface area (Å²) in [6.45, 7) is 3.41. The van der Waals surface area contributed by atoms with Gasteiger partial charge in [-0.2, -0.15) is 0 Å². The van der Waals surface area contributed by atoms with Crippen molar-refractivity contribution in [3.8, 4) is 11.5 Å². The molecule has 0 aliphatic heterocycles. The highest BCUT2D eigenvalue weighted by Crippen LogP contribution is 2.26. The molecule has 0 saturated heterocycles. The van der Waals surface area contributed by atoms with Gasteiger partial charge in [-0.25, -0.2) is 4.99 Å². The summed E-state index contributed by atoms with van der Waals surface area (Å²) in [5.74, 6) is 1.46. The summed E-state index contributed by atoms with van der Waals surface area (Å²) < 4.78 is 5.01. The summed E-state index contributed by atoms with van der Waals surface area (Å²) in [5, 5.41) is 16.3. The lowest BCUT2D eigenvalue weighted by Crippen LogP contribution is -2.38. The fourth-order valence-electron chi connectivity index (χ4n) is 1.75. The van der Waals surface area contributed by atoms with Crippen LogP contribution in [0.4, 0.5) is 0 Å². The van der Waals surface area contributed by atoms with E-state index in [9.17, 15) is 5.11 Å². The van der Waals surface area contributed by atoms with E-state index in [1.165, 1.54) is 20.0 Å². The van der Waals surface area contributed by atoms with E-state index in [4.69, 9.17) is 4.74 Å². The van der Waals surface area contributed by atoms with Crippen molar-refractivity contribution in [2.75, 3.05) is 13.7 Å². The van der Waals surface area contributed by atoms with Crippen LogP contribution in [0.2, 0.25) is 0 Å². The summed E-state index contributed by atoms with van der Waals surface area (Å²) in [5.41, 5.74) is 0.950. The lowest BCUT2D eigenvalue weighted by molar-refractivity contribution is 0.373. The summed E-state index contributed by atoms with van der Waals surface area (Å²) in [6, 6.07) is 5.91. The number of methoxy groups -OCH3 is 1. The Labute approximate surface area is 136 Å². The van der Waals surface area contributed by atoms with Crippen molar-refractivity contribution in [2.24, 2.45) is 4.99 Å². The minimum absolute atomic E-state index is 0. The number of halogens is 1. The Morgan fingerprint density at radius 1 is 1.45 bits per heavy atom. The lowest BCUT2D eigenvalue weighted by atomic mass is 10.2. The fraction of sp³-hybridized carbons (Fsp3) is 0.500. The molecule has 1 fully saturated rings. The highest BCUT2D eigenvalue weighted by atomic mass is 127. The molecular formula is C14H22IN3O2. The van der Waals surface area contributed by atoms with Crippen molar-refractivity contribution < 1.29 is 9.84 Å². The number of hydrogen-bond donors (Lipinski definition) is 3. The van der Waals surface area contributed by atoms with Gasteiger partial charge in [0.15, 0.2) is 17.5 Å². The molecule has 1 aromatic carbocycles. The van der Waals surface area contributed by atoms with Crippen molar-refractivity contribution in [2.45, 2.75) is 32.4 Å². The second-order valence-corrected chi connectivity index (χ2v) is 4.62. The number of aromatic hydroxyl groups is 1. The molecule has 6 heteroatoms. The monoisotopic (exact) mass is 391 g/mol. The zero-order chi connectivity index (χ0) is 13.7. The van der Waals surface area contributed by atoms with Crippen LogP contribution in [-0.4, -0.2) is 30.8 Å². The van der Waals surface area contributed by atoms with E-state index in [1.54, 1.807) is 12.1 Å². The van der Waals surface area contributed by atoms with E-state index in [2.05, 4.69) is 15.6 Å². The number of aliphatic imine (C=N–C) groups is 1. The molecule has 3 N–H and O–H groups in total. The van der Waals surface area contributed by atoms with Gasteiger partial charge in [0, 0.05) is 12.6 Å². The molecular weight excluding hydrogens is 369 g/mol. The smallest absolute Gasteiger partial charge is 0.191 e. The Bertz CT molecular complexity index is 462. The van der Waals surface area contributed by atoms with Gasteiger partial charge in [-0.1, -0.05) is 6.07 Å². The maximum Gasteiger partial charge on any atom is 0.191 e. The molecule has 0 aromatic heterocycles. The van der Waals surface area contributed by atoms with Gasteiger partial charge in [0.05, 0.1) is 13.7 Å². The van der Waals surface area contributed by atoms with E-state index in [1.807, 2.05) is 13.0 Å². The van der Waals surface area contributed by atoms with Crippen LogP contribution in [0.5, 0.6) is 11.5 Å². The van der Waals surface area contributed by atoms with Crippen molar-refractivity contribution in [1.29, 1.82) is 0 Å². The number of guanidine groups is 1. The van der Waals surface area contributed by atoms with Crippen LogP contribution in [-0.2, 0) is 6.54 Å². The van der Waals surface area contributed by atoms with Crippen LogP contribution >= 0.6 is 24.0 Å². The third-order valence-electron chi connectivity index (χ3n) is 2.93. The Kier molecular flexibility index (Phi) is 6.90. The van der Waals surface area contributed by atoms with Gasteiger partial charge in [0.25, 0.3) is 0 Å². The highest BCUT2D eigenvalue weighted by Gasteiger charge is 2.21. The Morgan fingerprint density at radius 2 is 2.20 bits per heavy atom. The first-order valence-electron chi connectivity index (χ1n) is 6.63. The average molecular weight is 391 g/mol. The fourth-order valence-corrected chi connectivity index (χ4v) is 1.75. The third-order valence-corrected chi connectivity index (χ3v) is 2.93. The quantitative estimate of drug-likeness (QED) is 0.409. The van der Waals surface area contributed by atoms with Crippen LogP contribution in [0, 0.1) is 0 Å². The number of ether oxygens (including phenoxy) is 1. The zero-order valence-electron chi connectivity index (χ0n) is 11.8. The summed E-state index contributed by atoms with van der Waals surface area (Å²) in [6.07, 6.45) is 2.43. The van der Waals surface area contributed by atoms with Gasteiger partial charge in [-0.15, -0.1) is 24.0 Å². The molecule has 20 heavy (non-hydrogen) atoms. The molecule has 0 atom stereocenters. The number of hydrogen-bond acceptors (Lipinski definition) is 3. The van der Waals surface area contributed by atoms with Crippen molar-refractivity contribution in [3.05, 3.63) is 23.8 Å². The van der Waals surface area contributed by atoms with Crippen LogP contribution in [0.1, 0.15) is 25.3 Å². The van der Waals surface area contributed by atoms with Crippen LogP contribution in [0.25, 0.3) is 0 Å². The second kappa shape index (κ2) is 8.18. The summed E-state index contributed by atoms with van der Waals surface area (Å²) in [7, 11) is 1.54. The molecule has 5 nitrogen and oxygen atoms in total. The van der Waals surface area contributed by atoms with E-state index >= 15 is 0 Å². The lowest BCUT2D eigenvalue weighted by Gasteiger charge is -2.10. The van der Waals surface area contributed by atoms with Crippen LogP contribution < -0.4 is 15.4 Å². The molecule has 0 radical (unpaired) electrons. The molecule has 0 unspecified atom stereocenters. The Balaban J connectivity index is 0.00000200. The van der Waals surface area contributed by atoms with Crippen molar-refractivity contribution >= 4 is 29.9 Å². The normalized spacial score (nSPS) is 14.4. The molecule has 1 aromatic rings. The summed E-state index contributed by atoms with van der Waals surface area (Å²) in [4.78, 5) is 4.50. The van der Waals surface area contributed by atoms with E-state index in [0.717, 1.165) is 18.1 Å². The molecule has 1 aliphatic rings. The summed E-state index contributed by atoms with van der Waals surface area (Å²) >= 11 is 0. The first-order valence-corrected chi connectivity index (χ1v) is 6.63. The number of phenols is 1. The standard InChI is InChI=1S/C14H21N3O2.HI/c1-3-15-14(17-11-5-6-11)16-9-10-4-7-13(19-2)12(18)8-10;/h4,7-8,11,18H,3,5-6,9H2,1-2H3,(H2,15,16,17);1H. The molecule has 1 saturated carbocycles. The number of rotatable bonds is 5. The minimum atomic E-state index is 0. The maximum absolute atomic E-state index is 9.71. The van der Waals surface area contributed by atoms with Crippen LogP contribution in [0.3, 0.4) is 0 Å². The van der Waals surface area contributed by atoms with Gasteiger partial charge in [0.2, 0.25) is 0 Å². The van der Waals surface area contributed by atoms with E-state index in [-0.39, 0.29) is 29.7 Å². The average Bonchev–Trinajstić information content (AvgIpc) is 3.20.